The molecule has 39 heavy (non-hydrogen) atoms. The van der Waals surface area contributed by atoms with Gasteiger partial charge in [-0.05, 0) is 37.3 Å². The van der Waals surface area contributed by atoms with E-state index >= 15 is 0 Å². The molecule has 2 aromatic carbocycles. The topological polar surface area (TPSA) is 101 Å². The lowest BCUT2D eigenvalue weighted by molar-refractivity contribution is -0.139. The molecule has 0 aromatic heterocycles. The van der Waals surface area contributed by atoms with Crippen molar-refractivity contribution < 1.29 is 33.0 Å². The van der Waals surface area contributed by atoms with Gasteiger partial charge in [0.2, 0.25) is 0 Å². The molecule has 1 atom stereocenters. The quantitative estimate of drug-likeness (QED) is 0.514. The Labute approximate surface area is 226 Å². The molecular formula is C28H33FN4O6. The molecule has 10 nitrogen and oxygen atoms in total. The molecule has 4 rings (SSSR count). The Kier molecular flexibility index (Phi) is 8.70. The molecule has 2 aliphatic rings. The van der Waals surface area contributed by atoms with Crippen molar-refractivity contribution in [1.82, 2.24) is 20.0 Å². The number of ether oxygens (including phenoxy) is 3. The van der Waals surface area contributed by atoms with E-state index in [-0.39, 0.29) is 25.1 Å². The highest BCUT2D eigenvalue weighted by atomic mass is 19.1. The molecule has 11 heteroatoms. The Hall–Kier alpha value is -4.12. The van der Waals surface area contributed by atoms with E-state index in [1.165, 1.54) is 30.2 Å². The molecule has 1 saturated heterocycles. The molecule has 1 unspecified atom stereocenters. The Bertz CT molecular complexity index is 1270. The number of nitrogens with one attached hydrogen (secondary N) is 1. The molecular weight excluding hydrogens is 507 g/mol. The number of piperazine rings is 1. The third-order valence-corrected chi connectivity index (χ3v) is 6.93. The average molecular weight is 541 g/mol. The predicted octanol–water partition coefficient (Wildman–Crippen LogP) is 2.81. The van der Waals surface area contributed by atoms with Crippen LogP contribution in [0.15, 0.2) is 53.7 Å². The molecule has 0 saturated carbocycles. The fraction of sp³-hybridized carbons (Fsp3) is 0.393. The van der Waals surface area contributed by atoms with Crippen LogP contribution in [0.4, 0.5) is 9.18 Å². The van der Waals surface area contributed by atoms with Crippen LogP contribution >= 0.6 is 0 Å². The number of methoxy groups -OCH3 is 2. The summed E-state index contributed by atoms with van der Waals surface area (Å²) in [7, 11) is 4.66. The number of halogens is 1. The highest BCUT2D eigenvalue weighted by Crippen LogP contribution is 2.37. The molecule has 0 radical (unpaired) electrons. The zero-order valence-corrected chi connectivity index (χ0v) is 22.5. The second-order valence-corrected chi connectivity index (χ2v) is 9.21. The van der Waals surface area contributed by atoms with Crippen molar-refractivity contribution in [3.8, 4) is 11.5 Å². The highest BCUT2D eigenvalue weighted by molar-refractivity contribution is 5.95. The van der Waals surface area contributed by atoms with Crippen LogP contribution in [-0.2, 0) is 9.53 Å². The van der Waals surface area contributed by atoms with Gasteiger partial charge in [-0.15, -0.1) is 0 Å². The first-order valence-electron chi connectivity index (χ1n) is 12.7. The number of likely N-dealkylation sites (N-methyl/N-ethyl adjacent to an activating group) is 1. The summed E-state index contributed by atoms with van der Waals surface area (Å²) in [6.45, 7) is 4.03. The predicted molar refractivity (Wildman–Crippen MR) is 141 cm³/mol. The second-order valence-electron chi connectivity index (χ2n) is 9.21. The molecule has 1 N–H and O–H groups in total. The second kappa shape index (κ2) is 12.2. The number of carbonyl (C=O) groups is 3. The summed E-state index contributed by atoms with van der Waals surface area (Å²) < 4.78 is 29.9. The van der Waals surface area contributed by atoms with Crippen LogP contribution < -0.4 is 14.8 Å². The highest BCUT2D eigenvalue weighted by Gasteiger charge is 2.39. The number of urea groups is 1. The minimum atomic E-state index is -0.806. The Morgan fingerprint density at radius 2 is 1.79 bits per heavy atom. The number of benzene rings is 2. The van der Waals surface area contributed by atoms with Gasteiger partial charge in [0.15, 0.2) is 0 Å². The van der Waals surface area contributed by atoms with Gasteiger partial charge in [0.1, 0.15) is 17.3 Å². The lowest BCUT2D eigenvalue weighted by Crippen LogP contribution is -2.53. The smallest absolute Gasteiger partial charge is 0.338 e. The SMILES string of the molecule is CCOC(=O)C1=C(CN2CCN(C(=O)c3cccc(F)c3)CC2)N(C)C(=O)NC1c1ccc(OC)cc1OC. The van der Waals surface area contributed by atoms with Crippen LogP contribution in [0.2, 0.25) is 0 Å². The average Bonchev–Trinajstić information content (AvgIpc) is 2.95. The molecule has 208 valence electrons. The molecule has 2 aliphatic heterocycles. The van der Waals surface area contributed by atoms with Crippen LogP contribution in [0, 0.1) is 5.82 Å². The number of hydrogen-bond acceptors (Lipinski definition) is 7. The third kappa shape index (κ3) is 5.98. The lowest BCUT2D eigenvalue weighted by atomic mass is 9.93. The van der Waals surface area contributed by atoms with Crippen molar-refractivity contribution in [1.29, 1.82) is 0 Å². The standard InChI is InChI=1S/C28H33FN4O6/c1-5-39-27(35)24-22(17-32-11-13-33(14-12-32)26(34)18-7-6-8-19(29)15-18)31(2)28(36)30-25(24)21-10-9-20(37-3)16-23(21)38-4/h6-10,15-16,25H,5,11-14,17H2,1-4H3,(H,30,36). The lowest BCUT2D eigenvalue weighted by Gasteiger charge is -2.39. The van der Waals surface area contributed by atoms with Gasteiger partial charge in [-0.2, -0.15) is 0 Å². The van der Waals surface area contributed by atoms with Gasteiger partial charge in [0, 0.05) is 62.7 Å². The van der Waals surface area contributed by atoms with Crippen LogP contribution in [0.3, 0.4) is 0 Å². The number of amides is 3. The summed E-state index contributed by atoms with van der Waals surface area (Å²) >= 11 is 0. The first-order valence-corrected chi connectivity index (χ1v) is 12.7. The number of hydrogen-bond donors (Lipinski definition) is 1. The van der Waals surface area contributed by atoms with E-state index in [4.69, 9.17) is 14.2 Å². The van der Waals surface area contributed by atoms with Gasteiger partial charge in [0.05, 0.1) is 32.4 Å². The van der Waals surface area contributed by atoms with E-state index in [2.05, 4.69) is 10.2 Å². The summed E-state index contributed by atoms with van der Waals surface area (Å²) in [6, 6.07) is 9.64. The number of rotatable bonds is 8. The first-order chi connectivity index (χ1) is 18.8. The van der Waals surface area contributed by atoms with Crippen LogP contribution in [0.5, 0.6) is 11.5 Å². The summed E-state index contributed by atoms with van der Waals surface area (Å²) in [6.07, 6.45) is 0. The van der Waals surface area contributed by atoms with Gasteiger partial charge in [-0.25, -0.2) is 14.0 Å². The fourth-order valence-corrected chi connectivity index (χ4v) is 4.81. The number of esters is 1. The summed E-state index contributed by atoms with van der Waals surface area (Å²) in [5, 5.41) is 2.90. The number of nitrogens with zero attached hydrogens (tertiary/aromatic N) is 3. The third-order valence-electron chi connectivity index (χ3n) is 6.93. The largest absolute Gasteiger partial charge is 0.497 e. The molecule has 2 heterocycles. The summed E-state index contributed by atoms with van der Waals surface area (Å²) in [4.78, 5) is 44.4. The maximum absolute atomic E-state index is 13.6. The van der Waals surface area contributed by atoms with E-state index in [0.717, 1.165) is 0 Å². The van der Waals surface area contributed by atoms with Crippen molar-refractivity contribution in [2.24, 2.45) is 0 Å². The van der Waals surface area contributed by atoms with Gasteiger partial charge < -0.3 is 24.4 Å². The van der Waals surface area contributed by atoms with E-state index in [0.29, 0.717) is 60.1 Å². The maximum atomic E-state index is 13.6. The Balaban J connectivity index is 1.61. The van der Waals surface area contributed by atoms with Crippen molar-refractivity contribution in [3.05, 3.63) is 70.7 Å². The molecule has 2 aromatic rings. The normalized spacial score (nSPS) is 18.1. The van der Waals surface area contributed by atoms with Gasteiger partial charge in [-0.3, -0.25) is 14.6 Å². The van der Waals surface area contributed by atoms with Crippen molar-refractivity contribution >= 4 is 17.9 Å². The van der Waals surface area contributed by atoms with Crippen LogP contribution in [0.25, 0.3) is 0 Å². The van der Waals surface area contributed by atoms with E-state index in [1.54, 1.807) is 50.2 Å². The van der Waals surface area contributed by atoms with Gasteiger partial charge in [0.25, 0.3) is 5.91 Å². The summed E-state index contributed by atoms with van der Waals surface area (Å²) in [5.74, 6) is -0.208. The molecule has 3 amide bonds. The zero-order chi connectivity index (χ0) is 28.1. The minimum absolute atomic E-state index is 0.167. The van der Waals surface area contributed by atoms with E-state index in [1.807, 2.05) is 0 Å². The fourth-order valence-electron chi connectivity index (χ4n) is 4.81. The Morgan fingerprint density at radius 1 is 1.05 bits per heavy atom. The Morgan fingerprint density at radius 3 is 2.44 bits per heavy atom. The van der Waals surface area contributed by atoms with Crippen LogP contribution in [0.1, 0.15) is 28.9 Å². The molecule has 1 fully saturated rings. The van der Waals surface area contributed by atoms with Crippen molar-refractivity contribution in [3.63, 3.8) is 0 Å². The minimum Gasteiger partial charge on any atom is -0.497 e. The van der Waals surface area contributed by atoms with Gasteiger partial charge >= 0.3 is 12.0 Å². The van der Waals surface area contributed by atoms with Crippen LogP contribution in [-0.4, -0.2) is 93.2 Å². The molecule has 0 aliphatic carbocycles. The molecule has 0 bridgehead atoms. The van der Waals surface area contributed by atoms with E-state index < -0.39 is 17.8 Å². The summed E-state index contributed by atoms with van der Waals surface area (Å²) in [5.41, 5.74) is 1.70. The zero-order valence-electron chi connectivity index (χ0n) is 22.5. The van der Waals surface area contributed by atoms with Gasteiger partial charge in [-0.1, -0.05) is 6.07 Å². The molecule has 0 spiro atoms. The number of carbonyl (C=O) groups excluding carboxylic acids is 3. The maximum Gasteiger partial charge on any atom is 0.338 e. The monoisotopic (exact) mass is 540 g/mol. The van der Waals surface area contributed by atoms with Crippen molar-refractivity contribution in [2.75, 3.05) is 60.6 Å². The van der Waals surface area contributed by atoms with E-state index in [9.17, 15) is 18.8 Å². The van der Waals surface area contributed by atoms with Crippen molar-refractivity contribution in [2.45, 2.75) is 13.0 Å². The first kappa shape index (κ1) is 27.9.